The van der Waals surface area contributed by atoms with Gasteiger partial charge >= 0.3 is 0 Å². The van der Waals surface area contributed by atoms with Crippen LogP contribution in [-0.4, -0.2) is 58.9 Å². The fourth-order valence-electron chi connectivity index (χ4n) is 2.81. The zero-order valence-electron chi connectivity index (χ0n) is 13.8. The molecule has 0 saturated carbocycles. The molecule has 1 aromatic rings. The lowest BCUT2D eigenvalue weighted by Gasteiger charge is -2.22. The Hall–Kier alpha value is -1.12. The highest BCUT2D eigenvalue weighted by Crippen LogP contribution is 2.24. The number of carbonyl (C=O) groups excluding carboxylic acids is 2. The van der Waals surface area contributed by atoms with E-state index in [1.54, 1.807) is 11.3 Å². The van der Waals surface area contributed by atoms with Gasteiger partial charge in [-0.2, -0.15) is 11.8 Å². The predicted octanol–water partition coefficient (Wildman–Crippen LogP) is 1.01. The van der Waals surface area contributed by atoms with Crippen LogP contribution in [0.3, 0.4) is 0 Å². The molecular weight excluding hydrogens is 332 g/mol. The summed E-state index contributed by atoms with van der Waals surface area (Å²) in [6.07, 6.45) is 2.56. The summed E-state index contributed by atoms with van der Waals surface area (Å²) in [6.45, 7) is 5.92. The number of thioether (sulfide) groups is 1. The molecular formula is C15H24N4O2S2. The Kier molecular flexibility index (Phi) is 6.86. The molecule has 2 heterocycles. The second-order valence-corrected chi connectivity index (χ2v) is 7.44. The SMILES string of the molecule is CCNC(=O)C1CC(NC(=O)CSC)CN1Cc1scnc1C. The van der Waals surface area contributed by atoms with Gasteiger partial charge in [0.05, 0.1) is 23.0 Å². The first-order valence-electron chi connectivity index (χ1n) is 7.74. The van der Waals surface area contributed by atoms with Gasteiger partial charge in [0.15, 0.2) is 0 Å². The van der Waals surface area contributed by atoms with E-state index in [1.807, 2.05) is 25.6 Å². The van der Waals surface area contributed by atoms with Gasteiger partial charge in [-0.05, 0) is 26.5 Å². The van der Waals surface area contributed by atoms with Crippen molar-refractivity contribution in [2.75, 3.05) is 25.1 Å². The fraction of sp³-hybridized carbons (Fsp3) is 0.667. The summed E-state index contributed by atoms with van der Waals surface area (Å²) in [4.78, 5) is 31.8. The van der Waals surface area contributed by atoms with Gasteiger partial charge in [0.25, 0.3) is 0 Å². The fourth-order valence-corrected chi connectivity index (χ4v) is 3.96. The number of likely N-dealkylation sites (N-methyl/N-ethyl adjacent to an activating group) is 1. The number of nitrogens with zero attached hydrogens (tertiary/aromatic N) is 2. The van der Waals surface area contributed by atoms with Crippen molar-refractivity contribution in [2.24, 2.45) is 0 Å². The predicted molar refractivity (Wildman–Crippen MR) is 94.7 cm³/mol. The third-order valence-corrected chi connectivity index (χ3v) is 5.36. The van der Waals surface area contributed by atoms with E-state index < -0.39 is 0 Å². The standard InChI is InChI=1S/C15H24N4O2S2/c1-4-16-15(21)12-5-11(18-14(20)8-22-3)6-19(12)7-13-10(2)17-9-23-13/h9,11-12H,4-8H2,1-3H3,(H,16,21)(H,18,20). The zero-order chi connectivity index (χ0) is 16.8. The summed E-state index contributed by atoms with van der Waals surface area (Å²) in [5.41, 5.74) is 2.85. The third kappa shape index (κ3) is 4.92. The summed E-state index contributed by atoms with van der Waals surface area (Å²) in [5.74, 6) is 0.528. The summed E-state index contributed by atoms with van der Waals surface area (Å²) in [5, 5.41) is 5.94. The Balaban J connectivity index is 2.04. The van der Waals surface area contributed by atoms with Crippen molar-refractivity contribution in [2.45, 2.75) is 38.9 Å². The highest BCUT2D eigenvalue weighted by molar-refractivity contribution is 7.99. The number of rotatable bonds is 7. The summed E-state index contributed by atoms with van der Waals surface area (Å²) < 4.78 is 0. The molecule has 0 spiro atoms. The number of hydrogen-bond acceptors (Lipinski definition) is 6. The van der Waals surface area contributed by atoms with Crippen LogP contribution in [-0.2, 0) is 16.1 Å². The first kappa shape index (κ1) is 18.2. The Morgan fingerprint density at radius 3 is 2.91 bits per heavy atom. The van der Waals surface area contributed by atoms with Crippen molar-refractivity contribution in [1.29, 1.82) is 0 Å². The third-order valence-electron chi connectivity index (χ3n) is 3.89. The van der Waals surface area contributed by atoms with Crippen LogP contribution in [0.2, 0.25) is 0 Å². The Morgan fingerprint density at radius 1 is 1.52 bits per heavy atom. The molecule has 1 aliphatic heterocycles. The molecule has 0 aliphatic carbocycles. The Bertz CT molecular complexity index is 549. The molecule has 1 aliphatic rings. The van der Waals surface area contributed by atoms with Crippen LogP contribution in [0.25, 0.3) is 0 Å². The summed E-state index contributed by atoms with van der Waals surface area (Å²) >= 11 is 3.11. The van der Waals surface area contributed by atoms with E-state index in [4.69, 9.17) is 0 Å². The lowest BCUT2D eigenvalue weighted by atomic mass is 10.1. The second kappa shape index (κ2) is 8.65. The molecule has 6 nitrogen and oxygen atoms in total. The number of hydrogen-bond donors (Lipinski definition) is 2. The van der Waals surface area contributed by atoms with Crippen molar-refractivity contribution < 1.29 is 9.59 Å². The monoisotopic (exact) mass is 356 g/mol. The minimum Gasteiger partial charge on any atom is -0.355 e. The molecule has 0 bridgehead atoms. The topological polar surface area (TPSA) is 74.3 Å². The van der Waals surface area contributed by atoms with Crippen LogP contribution in [0.5, 0.6) is 0 Å². The Labute approximate surface area is 145 Å². The first-order valence-corrected chi connectivity index (χ1v) is 10.0. The molecule has 2 amide bonds. The maximum atomic E-state index is 12.3. The molecule has 128 valence electrons. The van der Waals surface area contributed by atoms with Gasteiger partial charge in [-0.15, -0.1) is 11.3 Å². The quantitative estimate of drug-likeness (QED) is 0.763. The van der Waals surface area contributed by atoms with Crippen LogP contribution in [0.15, 0.2) is 5.51 Å². The minimum atomic E-state index is -0.198. The van der Waals surface area contributed by atoms with E-state index in [9.17, 15) is 9.59 Å². The molecule has 1 fully saturated rings. The smallest absolute Gasteiger partial charge is 0.237 e. The van der Waals surface area contributed by atoms with Crippen molar-refractivity contribution >= 4 is 34.9 Å². The van der Waals surface area contributed by atoms with E-state index in [-0.39, 0.29) is 23.9 Å². The molecule has 1 saturated heterocycles. The van der Waals surface area contributed by atoms with E-state index in [1.165, 1.54) is 16.6 Å². The molecule has 1 aromatic heterocycles. The largest absolute Gasteiger partial charge is 0.355 e. The van der Waals surface area contributed by atoms with E-state index in [2.05, 4.69) is 20.5 Å². The number of amides is 2. The van der Waals surface area contributed by atoms with E-state index in [0.29, 0.717) is 31.8 Å². The maximum absolute atomic E-state index is 12.3. The number of carbonyl (C=O) groups is 2. The maximum Gasteiger partial charge on any atom is 0.237 e. The molecule has 2 N–H and O–H groups in total. The van der Waals surface area contributed by atoms with Gasteiger partial charge in [0.2, 0.25) is 11.8 Å². The molecule has 0 aromatic carbocycles. The number of aromatic nitrogens is 1. The first-order chi connectivity index (χ1) is 11.0. The van der Waals surface area contributed by atoms with Crippen LogP contribution >= 0.6 is 23.1 Å². The number of aryl methyl sites for hydroxylation is 1. The molecule has 2 atom stereocenters. The molecule has 2 unspecified atom stereocenters. The van der Waals surface area contributed by atoms with E-state index >= 15 is 0 Å². The molecule has 2 rings (SSSR count). The number of thiazole rings is 1. The van der Waals surface area contributed by atoms with Crippen LogP contribution in [0.4, 0.5) is 0 Å². The number of nitrogens with one attached hydrogen (secondary N) is 2. The van der Waals surface area contributed by atoms with Gasteiger partial charge < -0.3 is 10.6 Å². The molecule has 8 heteroatoms. The zero-order valence-corrected chi connectivity index (χ0v) is 15.4. The molecule has 0 radical (unpaired) electrons. The lowest BCUT2D eigenvalue weighted by molar-refractivity contribution is -0.125. The van der Waals surface area contributed by atoms with Gasteiger partial charge in [0.1, 0.15) is 0 Å². The number of likely N-dealkylation sites (tertiary alicyclic amines) is 1. The lowest BCUT2D eigenvalue weighted by Crippen LogP contribution is -2.42. The normalized spacial score (nSPS) is 21.3. The average molecular weight is 357 g/mol. The second-order valence-electron chi connectivity index (χ2n) is 5.63. The van der Waals surface area contributed by atoms with Crippen LogP contribution in [0, 0.1) is 6.92 Å². The van der Waals surface area contributed by atoms with Gasteiger partial charge in [-0.1, -0.05) is 0 Å². The van der Waals surface area contributed by atoms with Crippen molar-refractivity contribution in [1.82, 2.24) is 20.5 Å². The van der Waals surface area contributed by atoms with Gasteiger partial charge in [-0.3, -0.25) is 14.5 Å². The van der Waals surface area contributed by atoms with E-state index in [0.717, 1.165) is 5.69 Å². The average Bonchev–Trinajstić information content (AvgIpc) is 3.07. The molecule has 23 heavy (non-hydrogen) atoms. The highest BCUT2D eigenvalue weighted by Gasteiger charge is 2.37. The minimum absolute atomic E-state index is 0.0236. The van der Waals surface area contributed by atoms with Crippen LogP contribution < -0.4 is 10.6 Å². The highest BCUT2D eigenvalue weighted by atomic mass is 32.2. The summed E-state index contributed by atoms with van der Waals surface area (Å²) in [6, 6.07) is -0.175. The summed E-state index contributed by atoms with van der Waals surface area (Å²) in [7, 11) is 0. The van der Waals surface area contributed by atoms with Crippen LogP contribution in [0.1, 0.15) is 23.9 Å². The van der Waals surface area contributed by atoms with Crippen molar-refractivity contribution in [3.63, 3.8) is 0 Å². The Morgan fingerprint density at radius 2 is 2.30 bits per heavy atom. The van der Waals surface area contributed by atoms with Gasteiger partial charge in [0, 0.05) is 30.6 Å². The van der Waals surface area contributed by atoms with Gasteiger partial charge in [-0.25, -0.2) is 4.98 Å². The van der Waals surface area contributed by atoms with Crippen molar-refractivity contribution in [3.05, 3.63) is 16.1 Å². The van der Waals surface area contributed by atoms with Crippen molar-refractivity contribution in [3.8, 4) is 0 Å².